The van der Waals surface area contributed by atoms with Crippen molar-refractivity contribution in [1.82, 2.24) is 4.90 Å². The second-order valence-electron chi connectivity index (χ2n) is 5.69. The molecule has 22 heavy (non-hydrogen) atoms. The van der Waals surface area contributed by atoms with Crippen molar-refractivity contribution in [2.24, 2.45) is 5.92 Å². The predicted molar refractivity (Wildman–Crippen MR) is 76.6 cm³/mol. The fraction of sp³-hybridized carbons (Fsp3) is 0.467. The minimum Gasteiger partial charge on any atom is -0.481 e. The van der Waals surface area contributed by atoms with Gasteiger partial charge in [0.25, 0.3) is 5.91 Å². The minimum atomic E-state index is -0.934. The number of carbonyl (C=O) groups excluding carboxylic acids is 1. The highest BCUT2D eigenvalue weighted by Gasteiger charge is 2.26. The monoisotopic (exact) mass is 308 g/mol. The Bertz CT molecular complexity index is 620. The summed E-state index contributed by atoms with van der Waals surface area (Å²) in [6, 6.07) is 3.29. The number of rotatable bonds is 2. The zero-order valence-electron chi connectivity index (χ0n) is 12.0. The lowest BCUT2D eigenvalue weighted by molar-refractivity contribution is -0.118. The second kappa shape index (κ2) is 5.82. The van der Waals surface area contributed by atoms with Crippen LogP contribution in [0.2, 0.25) is 0 Å². The van der Waals surface area contributed by atoms with Crippen LogP contribution in [0.25, 0.3) is 0 Å². The van der Waals surface area contributed by atoms with Crippen LogP contribution in [0.4, 0.5) is 14.9 Å². The van der Waals surface area contributed by atoms with Crippen molar-refractivity contribution < 1.29 is 23.8 Å². The van der Waals surface area contributed by atoms with Gasteiger partial charge in [-0.2, -0.15) is 0 Å². The molecule has 2 aliphatic heterocycles. The molecular weight excluding hydrogens is 291 g/mol. The first kappa shape index (κ1) is 14.6. The molecule has 1 saturated heterocycles. The number of halogens is 1. The molecule has 2 heterocycles. The number of nitrogens with zero attached hydrogens (tertiary/aromatic N) is 1. The summed E-state index contributed by atoms with van der Waals surface area (Å²) in [5.74, 6) is -0.453. The second-order valence-corrected chi connectivity index (χ2v) is 5.69. The van der Waals surface area contributed by atoms with Gasteiger partial charge >= 0.3 is 6.09 Å². The zero-order chi connectivity index (χ0) is 15.7. The average Bonchev–Trinajstić information content (AvgIpc) is 2.51. The summed E-state index contributed by atoms with van der Waals surface area (Å²) >= 11 is 0. The Balaban J connectivity index is 1.77. The molecule has 1 aromatic carbocycles. The Labute approximate surface area is 126 Å². The number of ether oxygens (including phenoxy) is 1. The molecule has 0 spiro atoms. The number of amides is 2. The minimum absolute atomic E-state index is 0.0811. The van der Waals surface area contributed by atoms with E-state index in [1.165, 1.54) is 4.90 Å². The average molecular weight is 308 g/mol. The molecule has 2 aliphatic rings. The smallest absolute Gasteiger partial charge is 0.407 e. The van der Waals surface area contributed by atoms with Gasteiger partial charge in [-0.05, 0) is 36.8 Å². The Morgan fingerprint density at radius 2 is 2.32 bits per heavy atom. The number of carbonyl (C=O) groups is 2. The maximum atomic E-state index is 14.5. The molecule has 1 aromatic rings. The van der Waals surface area contributed by atoms with Crippen LogP contribution in [0.1, 0.15) is 18.4 Å². The first-order chi connectivity index (χ1) is 10.5. The Morgan fingerprint density at radius 3 is 3.09 bits per heavy atom. The van der Waals surface area contributed by atoms with Crippen LogP contribution in [0.5, 0.6) is 5.75 Å². The molecule has 1 unspecified atom stereocenters. The predicted octanol–water partition coefficient (Wildman–Crippen LogP) is 2.09. The first-order valence-corrected chi connectivity index (χ1v) is 7.26. The number of nitrogens with one attached hydrogen (secondary N) is 1. The zero-order valence-corrected chi connectivity index (χ0v) is 12.0. The van der Waals surface area contributed by atoms with E-state index in [1.54, 1.807) is 12.1 Å². The Kier molecular flexibility index (Phi) is 3.87. The number of hydrogen-bond acceptors (Lipinski definition) is 3. The molecule has 7 heteroatoms. The van der Waals surface area contributed by atoms with Crippen LogP contribution < -0.4 is 10.1 Å². The van der Waals surface area contributed by atoms with E-state index in [2.05, 4.69) is 5.32 Å². The summed E-state index contributed by atoms with van der Waals surface area (Å²) in [4.78, 5) is 23.7. The van der Waals surface area contributed by atoms with Crippen molar-refractivity contribution in [2.75, 3.05) is 25.0 Å². The summed E-state index contributed by atoms with van der Waals surface area (Å²) in [6.45, 7) is 0.832. The van der Waals surface area contributed by atoms with E-state index in [1.807, 2.05) is 0 Å². The highest BCUT2D eigenvalue weighted by atomic mass is 19.1. The van der Waals surface area contributed by atoms with Gasteiger partial charge in [0.15, 0.2) is 12.4 Å². The maximum Gasteiger partial charge on any atom is 0.407 e. The molecule has 0 radical (unpaired) electrons. The van der Waals surface area contributed by atoms with Gasteiger partial charge in [0.2, 0.25) is 0 Å². The van der Waals surface area contributed by atoms with Crippen LogP contribution in [-0.4, -0.2) is 41.7 Å². The molecule has 0 bridgehead atoms. The van der Waals surface area contributed by atoms with Gasteiger partial charge in [-0.3, -0.25) is 4.79 Å². The van der Waals surface area contributed by atoms with E-state index in [0.29, 0.717) is 30.8 Å². The summed E-state index contributed by atoms with van der Waals surface area (Å²) in [7, 11) is 0. The number of fused-ring (bicyclic) bond motifs is 1. The molecule has 0 aliphatic carbocycles. The van der Waals surface area contributed by atoms with E-state index < -0.39 is 11.9 Å². The highest BCUT2D eigenvalue weighted by Crippen LogP contribution is 2.34. The van der Waals surface area contributed by atoms with Gasteiger partial charge in [0.1, 0.15) is 11.4 Å². The van der Waals surface area contributed by atoms with E-state index in [9.17, 15) is 14.0 Å². The molecule has 1 atom stereocenters. The van der Waals surface area contributed by atoms with E-state index >= 15 is 0 Å². The third-order valence-electron chi connectivity index (χ3n) is 4.10. The third kappa shape index (κ3) is 2.84. The van der Waals surface area contributed by atoms with Crippen molar-refractivity contribution in [3.8, 4) is 5.75 Å². The van der Waals surface area contributed by atoms with Gasteiger partial charge in [-0.15, -0.1) is 0 Å². The normalized spacial score (nSPS) is 20.9. The van der Waals surface area contributed by atoms with Gasteiger partial charge in [-0.1, -0.05) is 6.07 Å². The van der Waals surface area contributed by atoms with Crippen molar-refractivity contribution in [3.05, 3.63) is 23.5 Å². The maximum absolute atomic E-state index is 14.5. The number of piperidine rings is 1. The number of anilines is 1. The summed E-state index contributed by atoms with van der Waals surface area (Å²) in [5, 5.41) is 11.5. The molecule has 6 nitrogen and oxygen atoms in total. The standard InChI is InChI=1S/C15H17FN2O4/c16-13-10(3-4-11-14(13)17-12(19)8-22-11)6-9-2-1-5-18(7-9)15(20)21/h3-4,9H,1-2,5-8H2,(H,17,19)(H,20,21). The molecule has 0 aromatic heterocycles. The first-order valence-electron chi connectivity index (χ1n) is 7.26. The van der Waals surface area contributed by atoms with Crippen LogP contribution in [0, 0.1) is 11.7 Å². The van der Waals surface area contributed by atoms with Crippen LogP contribution >= 0.6 is 0 Å². The molecule has 0 saturated carbocycles. The summed E-state index contributed by atoms with van der Waals surface area (Å²) in [5.41, 5.74) is 0.557. The van der Waals surface area contributed by atoms with E-state index in [-0.39, 0.29) is 24.1 Å². The lowest BCUT2D eigenvalue weighted by Crippen LogP contribution is -2.39. The molecule has 2 amide bonds. The fourth-order valence-corrected chi connectivity index (χ4v) is 3.03. The third-order valence-corrected chi connectivity index (χ3v) is 4.10. The number of carboxylic acid groups (broad SMARTS) is 1. The van der Waals surface area contributed by atoms with E-state index in [4.69, 9.17) is 9.84 Å². The lowest BCUT2D eigenvalue weighted by atomic mass is 9.91. The van der Waals surface area contributed by atoms with Crippen molar-refractivity contribution >= 4 is 17.7 Å². The lowest BCUT2D eigenvalue weighted by Gasteiger charge is -2.31. The number of benzene rings is 1. The van der Waals surface area contributed by atoms with E-state index in [0.717, 1.165) is 12.8 Å². The van der Waals surface area contributed by atoms with Crippen molar-refractivity contribution in [1.29, 1.82) is 0 Å². The Morgan fingerprint density at radius 1 is 1.50 bits per heavy atom. The van der Waals surface area contributed by atoms with Gasteiger partial charge in [0, 0.05) is 13.1 Å². The molecule has 2 N–H and O–H groups in total. The fourth-order valence-electron chi connectivity index (χ4n) is 3.03. The number of likely N-dealkylation sites (tertiary alicyclic amines) is 1. The Hall–Kier alpha value is -2.31. The molecular formula is C15H17FN2O4. The topological polar surface area (TPSA) is 78.9 Å². The molecule has 118 valence electrons. The largest absolute Gasteiger partial charge is 0.481 e. The highest BCUT2D eigenvalue weighted by molar-refractivity contribution is 5.95. The quantitative estimate of drug-likeness (QED) is 0.877. The summed E-state index contributed by atoms with van der Waals surface area (Å²) < 4.78 is 19.7. The van der Waals surface area contributed by atoms with Crippen LogP contribution in [0.15, 0.2) is 12.1 Å². The van der Waals surface area contributed by atoms with Gasteiger partial charge in [0.05, 0.1) is 0 Å². The van der Waals surface area contributed by atoms with Crippen LogP contribution in [0.3, 0.4) is 0 Å². The van der Waals surface area contributed by atoms with Gasteiger partial charge < -0.3 is 20.1 Å². The van der Waals surface area contributed by atoms with Crippen molar-refractivity contribution in [2.45, 2.75) is 19.3 Å². The SMILES string of the molecule is O=C1COc2ccc(CC3CCCN(C(=O)O)C3)c(F)c2N1. The summed E-state index contributed by atoms with van der Waals surface area (Å²) in [6.07, 6.45) is 1.15. The molecule has 1 fully saturated rings. The molecule has 3 rings (SSSR count). The van der Waals surface area contributed by atoms with Crippen molar-refractivity contribution in [3.63, 3.8) is 0 Å². The number of hydrogen-bond donors (Lipinski definition) is 2. The van der Waals surface area contributed by atoms with Gasteiger partial charge in [-0.25, -0.2) is 9.18 Å². The van der Waals surface area contributed by atoms with Crippen LogP contribution in [-0.2, 0) is 11.2 Å².